The molecular weight excluding hydrogens is 300 g/mol. The molecule has 2 heterocycles. The Kier molecular flexibility index (Phi) is 6.13. The molecule has 0 spiro atoms. The molecule has 0 saturated carbocycles. The summed E-state index contributed by atoms with van der Waals surface area (Å²) in [6, 6.07) is 2.63. The molecule has 1 fully saturated rings. The first-order chi connectivity index (χ1) is 11.1. The molecule has 0 radical (unpaired) electrons. The monoisotopic (exact) mass is 322 g/mol. The van der Waals surface area contributed by atoms with Crippen molar-refractivity contribution in [2.24, 2.45) is 0 Å². The highest BCUT2D eigenvalue weighted by Gasteiger charge is 2.25. The van der Waals surface area contributed by atoms with E-state index in [0.29, 0.717) is 32.5 Å². The van der Waals surface area contributed by atoms with Crippen LogP contribution in [0.4, 0.5) is 4.79 Å². The van der Waals surface area contributed by atoms with Crippen LogP contribution in [0.2, 0.25) is 0 Å². The fraction of sp³-hybridized carbons (Fsp3) is 0.600. The first kappa shape index (κ1) is 17.0. The number of carbonyl (C=O) groups excluding carboxylic acids is 2. The van der Waals surface area contributed by atoms with Crippen molar-refractivity contribution in [1.82, 2.24) is 20.4 Å². The van der Waals surface area contributed by atoms with Crippen LogP contribution in [0.3, 0.4) is 0 Å². The molecule has 126 valence electrons. The first-order valence-electron chi connectivity index (χ1n) is 7.88. The maximum absolute atomic E-state index is 12.0. The largest absolute Gasteiger partial charge is 0.449 e. The Hall–Kier alpha value is -2.38. The number of aromatic amines is 1. The van der Waals surface area contributed by atoms with Gasteiger partial charge in [-0.15, -0.1) is 0 Å². The lowest BCUT2D eigenvalue weighted by atomic mass is 10.1. The van der Waals surface area contributed by atoms with Crippen LogP contribution >= 0.6 is 0 Å². The summed E-state index contributed by atoms with van der Waals surface area (Å²) in [6.45, 7) is 3.59. The second-order valence-electron chi connectivity index (χ2n) is 5.51. The van der Waals surface area contributed by atoms with Crippen molar-refractivity contribution in [2.75, 3.05) is 19.7 Å². The molecule has 2 N–H and O–H groups in total. The van der Waals surface area contributed by atoms with Crippen molar-refractivity contribution < 1.29 is 14.3 Å². The highest BCUT2D eigenvalue weighted by Crippen LogP contribution is 2.12. The Morgan fingerprint density at radius 3 is 2.74 bits per heavy atom. The number of aromatic nitrogens is 2. The van der Waals surface area contributed by atoms with Crippen molar-refractivity contribution in [3.8, 4) is 0 Å². The average molecular weight is 322 g/mol. The highest BCUT2D eigenvalue weighted by atomic mass is 16.6. The minimum absolute atomic E-state index is 0.0177. The number of nitrogens with zero attached hydrogens (tertiary/aromatic N) is 2. The Balaban J connectivity index is 1.76. The lowest BCUT2D eigenvalue weighted by Crippen LogP contribution is -2.47. The zero-order chi connectivity index (χ0) is 16.7. The van der Waals surface area contributed by atoms with Crippen LogP contribution in [-0.4, -0.2) is 52.8 Å². The number of rotatable bonds is 5. The van der Waals surface area contributed by atoms with Gasteiger partial charge in [-0.2, -0.15) is 5.10 Å². The fourth-order valence-electron chi connectivity index (χ4n) is 2.33. The molecular formula is C15H22N4O4. The number of ether oxygens (including phenoxy) is 1. The standard InChI is InChI=1S/C15H22N4O4/c1-2-3-10-23-15(22)19-8-6-11(7-9-19)16-14(21)12-4-5-13(20)18-17-12/h4-5,11H,2-3,6-10H2,1H3,(H,16,21)(H,18,20). The van der Waals surface area contributed by atoms with E-state index in [1.807, 2.05) is 6.92 Å². The average Bonchev–Trinajstić information content (AvgIpc) is 2.56. The predicted octanol–water partition coefficient (Wildman–Crippen LogP) is 0.901. The van der Waals surface area contributed by atoms with Gasteiger partial charge in [0.15, 0.2) is 0 Å². The van der Waals surface area contributed by atoms with Crippen LogP contribution in [0.25, 0.3) is 0 Å². The minimum Gasteiger partial charge on any atom is -0.449 e. The highest BCUT2D eigenvalue weighted by molar-refractivity contribution is 5.92. The number of hydrogen-bond acceptors (Lipinski definition) is 5. The third-order valence-electron chi connectivity index (χ3n) is 3.72. The molecule has 8 nitrogen and oxygen atoms in total. The van der Waals surface area contributed by atoms with Crippen LogP contribution < -0.4 is 10.9 Å². The van der Waals surface area contributed by atoms with Gasteiger partial charge in [0, 0.05) is 25.2 Å². The van der Waals surface area contributed by atoms with Crippen molar-refractivity contribution in [2.45, 2.75) is 38.6 Å². The first-order valence-corrected chi connectivity index (χ1v) is 7.88. The molecule has 0 atom stereocenters. The third kappa shape index (κ3) is 5.08. The van der Waals surface area contributed by atoms with Gasteiger partial charge in [0.05, 0.1) is 6.61 Å². The van der Waals surface area contributed by atoms with Gasteiger partial charge in [0.1, 0.15) is 5.69 Å². The molecule has 23 heavy (non-hydrogen) atoms. The number of amides is 2. The molecule has 0 aromatic carbocycles. The molecule has 1 aromatic heterocycles. The molecule has 1 aliphatic heterocycles. The molecule has 0 bridgehead atoms. The van der Waals surface area contributed by atoms with Gasteiger partial charge in [-0.3, -0.25) is 9.59 Å². The van der Waals surface area contributed by atoms with Gasteiger partial charge in [-0.05, 0) is 25.3 Å². The van der Waals surface area contributed by atoms with E-state index in [1.165, 1.54) is 12.1 Å². The number of unbranched alkanes of at least 4 members (excludes halogenated alkanes) is 1. The molecule has 8 heteroatoms. The molecule has 2 amide bonds. The van der Waals surface area contributed by atoms with E-state index in [1.54, 1.807) is 4.90 Å². The summed E-state index contributed by atoms with van der Waals surface area (Å²) < 4.78 is 5.17. The summed E-state index contributed by atoms with van der Waals surface area (Å²) in [5.74, 6) is -0.328. The van der Waals surface area contributed by atoms with Crippen LogP contribution in [0.1, 0.15) is 43.1 Å². The Labute approximate surface area is 134 Å². The second kappa shape index (κ2) is 8.30. The van der Waals surface area contributed by atoms with Gasteiger partial charge in [0.2, 0.25) is 0 Å². The normalized spacial score (nSPS) is 15.3. The summed E-state index contributed by atoms with van der Waals surface area (Å²) >= 11 is 0. The molecule has 0 aliphatic carbocycles. The molecule has 0 unspecified atom stereocenters. The number of H-pyrrole nitrogens is 1. The smallest absolute Gasteiger partial charge is 0.409 e. The van der Waals surface area contributed by atoms with Crippen molar-refractivity contribution in [3.63, 3.8) is 0 Å². The summed E-state index contributed by atoms with van der Waals surface area (Å²) in [4.78, 5) is 36.4. The van der Waals surface area contributed by atoms with Crippen LogP contribution in [0.5, 0.6) is 0 Å². The summed E-state index contributed by atoms with van der Waals surface area (Å²) in [5, 5.41) is 8.79. The maximum Gasteiger partial charge on any atom is 0.409 e. The summed E-state index contributed by atoms with van der Waals surface area (Å²) in [5.41, 5.74) is -0.178. The van der Waals surface area contributed by atoms with Crippen LogP contribution in [-0.2, 0) is 4.74 Å². The van der Waals surface area contributed by atoms with E-state index in [-0.39, 0.29) is 29.3 Å². The summed E-state index contributed by atoms with van der Waals surface area (Å²) in [6.07, 6.45) is 2.89. The van der Waals surface area contributed by atoms with E-state index in [2.05, 4.69) is 15.5 Å². The van der Waals surface area contributed by atoms with Crippen molar-refractivity contribution in [1.29, 1.82) is 0 Å². The van der Waals surface area contributed by atoms with Gasteiger partial charge >= 0.3 is 6.09 Å². The predicted molar refractivity (Wildman–Crippen MR) is 83.2 cm³/mol. The van der Waals surface area contributed by atoms with E-state index < -0.39 is 0 Å². The SMILES string of the molecule is CCCCOC(=O)N1CCC(NC(=O)c2ccc(=O)[nH]n2)CC1. The lowest BCUT2D eigenvalue weighted by molar-refractivity contribution is 0.0833. The number of hydrogen-bond donors (Lipinski definition) is 2. The van der Waals surface area contributed by atoms with Gasteiger partial charge < -0.3 is 15.0 Å². The quantitative estimate of drug-likeness (QED) is 0.784. The summed E-state index contributed by atoms with van der Waals surface area (Å²) in [7, 11) is 0. The fourth-order valence-corrected chi connectivity index (χ4v) is 2.33. The molecule has 1 saturated heterocycles. The van der Waals surface area contributed by atoms with Gasteiger partial charge in [0.25, 0.3) is 11.5 Å². The topological polar surface area (TPSA) is 104 Å². The van der Waals surface area contributed by atoms with Crippen LogP contribution in [0.15, 0.2) is 16.9 Å². The second-order valence-corrected chi connectivity index (χ2v) is 5.51. The Morgan fingerprint density at radius 2 is 2.13 bits per heavy atom. The van der Waals surface area contributed by atoms with Crippen LogP contribution in [0, 0.1) is 0 Å². The van der Waals surface area contributed by atoms with E-state index in [0.717, 1.165) is 12.8 Å². The molecule has 2 rings (SSSR count). The van der Waals surface area contributed by atoms with E-state index in [4.69, 9.17) is 4.74 Å². The maximum atomic E-state index is 12.0. The Bertz CT molecular complexity index is 573. The molecule has 1 aromatic rings. The number of piperidine rings is 1. The van der Waals surface area contributed by atoms with Crippen molar-refractivity contribution >= 4 is 12.0 Å². The third-order valence-corrected chi connectivity index (χ3v) is 3.72. The zero-order valence-electron chi connectivity index (χ0n) is 13.2. The number of carbonyl (C=O) groups is 2. The minimum atomic E-state index is -0.351. The zero-order valence-corrected chi connectivity index (χ0v) is 13.2. The van der Waals surface area contributed by atoms with E-state index in [9.17, 15) is 14.4 Å². The lowest BCUT2D eigenvalue weighted by Gasteiger charge is -2.31. The van der Waals surface area contributed by atoms with Crippen molar-refractivity contribution in [3.05, 3.63) is 28.2 Å². The van der Waals surface area contributed by atoms with Gasteiger partial charge in [-0.1, -0.05) is 13.3 Å². The molecule has 1 aliphatic rings. The van der Waals surface area contributed by atoms with Gasteiger partial charge in [-0.25, -0.2) is 9.89 Å². The van der Waals surface area contributed by atoms with E-state index >= 15 is 0 Å². The number of likely N-dealkylation sites (tertiary alicyclic amines) is 1. The number of nitrogens with one attached hydrogen (secondary N) is 2. The Morgan fingerprint density at radius 1 is 1.39 bits per heavy atom.